The second-order valence-corrected chi connectivity index (χ2v) is 6.67. The highest BCUT2D eigenvalue weighted by Gasteiger charge is 2.25. The van der Waals surface area contributed by atoms with E-state index < -0.39 is 0 Å². The topological polar surface area (TPSA) is 110 Å². The number of para-hydroxylation sites is 1. The zero-order valence-electron chi connectivity index (χ0n) is 15.8. The fourth-order valence-electron chi connectivity index (χ4n) is 3.23. The summed E-state index contributed by atoms with van der Waals surface area (Å²) in [6, 6.07) is 9.13. The Bertz CT molecular complexity index is 928. The zero-order valence-corrected chi connectivity index (χ0v) is 15.8. The summed E-state index contributed by atoms with van der Waals surface area (Å²) in [5, 5.41) is 22.9. The van der Waals surface area contributed by atoms with Gasteiger partial charge in [0.1, 0.15) is 6.33 Å². The average Bonchev–Trinajstić information content (AvgIpc) is 3.38. The Kier molecular flexibility index (Phi) is 4.87. The fourth-order valence-corrected chi connectivity index (χ4v) is 3.23. The molecule has 2 amide bonds. The quantitative estimate of drug-likeness (QED) is 0.695. The number of aryl methyl sites for hydroxylation is 1. The number of nitrogens with zero attached hydrogens (tertiary/aromatic N) is 9. The van der Waals surface area contributed by atoms with E-state index in [-0.39, 0.29) is 12.1 Å². The minimum absolute atomic E-state index is 0.132. The number of aromatic nitrogens is 7. The second kappa shape index (κ2) is 7.62. The van der Waals surface area contributed by atoms with E-state index in [0.29, 0.717) is 32.0 Å². The summed E-state index contributed by atoms with van der Waals surface area (Å²) < 4.78 is 3.51. The molecule has 1 aliphatic heterocycles. The molecule has 1 fully saturated rings. The van der Waals surface area contributed by atoms with Gasteiger partial charge in [0, 0.05) is 33.2 Å². The first-order chi connectivity index (χ1) is 13.6. The van der Waals surface area contributed by atoms with Crippen LogP contribution in [0.2, 0.25) is 0 Å². The molecule has 0 saturated carbocycles. The Morgan fingerprint density at radius 3 is 2.54 bits per heavy atom. The molecule has 11 heteroatoms. The van der Waals surface area contributed by atoms with Crippen LogP contribution >= 0.6 is 0 Å². The van der Waals surface area contributed by atoms with E-state index in [1.54, 1.807) is 15.9 Å². The van der Waals surface area contributed by atoms with Gasteiger partial charge in [-0.05, 0) is 29.5 Å². The van der Waals surface area contributed by atoms with Crippen LogP contribution in [0.5, 0.6) is 0 Å². The summed E-state index contributed by atoms with van der Waals surface area (Å²) in [6.45, 7) is 4.50. The third-order valence-corrected chi connectivity index (χ3v) is 4.76. The van der Waals surface area contributed by atoms with Crippen molar-refractivity contribution in [2.75, 3.05) is 31.1 Å². The molecule has 2 aromatic heterocycles. The van der Waals surface area contributed by atoms with Gasteiger partial charge in [-0.1, -0.05) is 18.2 Å². The van der Waals surface area contributed by atoms with Gasteiger partial charge < -0.3 is 19.7 Å². The SMILES string of the molecule is CC(NC(=O)N1CCN(c2nncn2C)CC1)c1nnnn1-c1ccccc1. The van der Waals surface area contributed by atoms with Crippen LogP contribution in [0.15, 0.2) is 36.7 Å². The molecule has 0 aliphatic carbocycles. The number of piperazine rings is 1. The molecule has 1 saturated heterocycles. The number of tetrazole rings is 1. The number of rotatable bonds is 4. The van der Waals surface area contributed by atoms with Crippen molar-refractivity contribution >= 4 is 12.0 Å². The summed E-state index contributed by atoms with van der Waals surface area (Å²) in [7, 11) is 1.91. The van der Waals surface area contributed by atoms with Gasteiger partial charge in [0.25, 0.3) is 0 Å². The molecule has 1 aromatic carbocycles. The molecule has 3 heterocycles. The lowest BCUT2D eigenvalue weighted by Crippen LogP contribution is -2.52. The lowest BCUT2D eigenvalue weighted by molar-refractivity contribution is 0.190. The fraction of sp³-hybridized carbons (Fsp3) is 0.412. The minimum Gasteiger partial charge on any atom is -0.337 e. The number of hydrogen-bond donors (Lipinski definition) is 1. The first-order valence-electron chi connectivity index (χ1n) is 9.11. The predicted molar refractivity (Wildman–Crippen MR) is 101 cm³/mol. The van der Waals surface area contributed by atoms with E-state index >= 15 is 0 Å². The van der Waals surface area contributed by atoms with Crippen LogP contribution in [0.3, 0.4) is 0 Å². The maximum Gasteiger partial charge on any atom is 0.318 e. The summed E-state index contributed by atoms with van der Waals surface area (Å²) in [5.74, 6) is 1.40. The lowest BCUT2D eigenvalue weighted by Gasteiger charge is -2.35. The highest BCUT2D eigenvalue weighted by Crippen LogP contribution is 2.15. The van der Waals surface area contributed by atoms with Crippen molar-refractivity contribution in [2.24, 2.45) is 7.05 Å². The number of carbonyl (C=O) groups is 1. The predicted octanol–water partition coefficient (Wildman–Crippen LogP) is 0.384. The molecule has 28 heavy (non-hydrogen) atoms. The van der Waals surface area contributed by atoms with Crippen molar-refractivity contribution in [1.82, 2.24) is 45.2 Å². The van der Waals surface area contributed by atoms with Crippen LogP contribution in [0, 0.1) is 0 Å². The molecule has 11 nitrogen and oxygen atoms in total. The molecule has 4 rings (SSSR count). The van der Waals surface area contributed by atoms with Gasteiger partial charge in [-0.15, -0.1) is 15.3 Å². The monoisotopic (exact) mass is 382 g/mol. The second-order valence-electron chi connectivity index (χ2n) is 6.67. The Balaban J connectivity index is 1.37. The highest BCUT2D eigenvalue weighted by atomic mass is 16.2. The standard InChI is InChI=1S/C17H22N10O/c1-13(15-20-22-23-27(15)14-6-4-3-5-7-14)19-17(28)26-10-8-25(9-11-26)16-21-18-12-24(16)2/h3-7,12-13H,8-11H2,1-2H3,(H,19,28). The highest BCUT2D eigenvalue weighted by molar-refractivity contribution is 5.75. The molecular formula is C17H22N10O. The van der Waals surface area contributed by atoms with Crippen molar-refractivity contribution in [3.05, 3.63) is 42.5 Å². The molecule has 0 radical (unpaired) electrons. The van der Waals surface area contributed by atoms with Crippen LogP contribution in [0.4, 0.5) is 10.7 Å². The molecular weight excluding hydrogens is 360 g/mol. The van der Waals surface area contributed by atoms with Crippen molar-refractivity contribution in [1.29, 1.82) is 0 Å². The van der Waals surface area contributed by atoms with E-state index in [0.717, 1.165) is 11.6 Å². The summed E-state index contributed by atoms with van der Waals surface area (Å²) in [6.07, 6.45) is 1.67. The van der Waals surface area contributed by atoms with Crippen LogP contribution in [-0.4, -0.2) is 72.1 Å². The van der Waals surface area contributed by atoms with Gasteiger partial charge in [0.05, 0.1) is 11.7 Å². The van der Waals surface area contributed by atoms with Crippen molar-refractivity contribution in [2.45, 2.75) is 13.0 Å². The molecule has 1 unspecified atom stereocenters. The van der Waals surface area contributed by atoms with Gasteiger partial charge in [0.2, 0.25) is 5.95 Å². The third kappa shape index (κ3) is 3.50. The smallest absolute Gasteiger partial charge is 0.318 e. The van der Waals surface area contributed by atoms with E-state index in [1.165, 1.54) is 0 Å². The van der Waals surface area contributed by atoms with Crippen LogP contribution in [-0.2, 0) is 7.05 Å². The Hall–Kier alpha value is -3.50. The molecule has 1 N–H and O–H groups in total. The molecule has 0 spiro atoms. The summed E-state index contributed by atoms with van der Waals surface area (Å²) >= 11 is 0. The Morgan fingerprint density at radius 2 is 1.86 bits per heavy atom. The number of nitrogens with one attached hydrogen (secondary N) is 1. The summed E-state index contributed by atoms with van der Waals surface area (Å²) in [5.41, 5.74) is 0.848. The number of benzene rings is 1. The zero-order chi connectivity index (χ0) is 19.5. The number of amides is 2. The average molecular weight is 382 g/mol. The Labute approximate surface area is 162 Å². The van der Waals surface area contributed by atoms with Gasteiger partial charge in [-0.2, -0.15) is 4.68 Å². The number of anilines is 1. The van der Waals surface area contributed by atoms with E-state index in [2.05, 4.69) is 35.9 Å². The van der Waals surface area contributed by atoms with E-state index in [1.807, 2.05) is 48.9 Å². The molecule has 0 bridgehead atoms. The van der Waals surface area contributed by atoms with Crippen molar-refractivity contribution < 1.29 is 4.79 Å². The minimum atomic E-state index is -0.334. The molecule has 3 aromatic rings. The van der Waals surface area contributed by atoms with Crippen molar-refractivity contribution in [3.63, 3.8) is 0 Å². The first kappa shape index (κ1) is 17.9. The van der Waals surface area contributed by atoms with Gasteiger partial charge in [0.15, 0.2) is 5.82 Å². The molecule has 1 atom stereocenters. The molecule has 146 valence electrons. The number of carbonyl (C=O) groups excluding carboxylic acids is 1. The molecule has 1 aliphatic rings. The summed E-state index contributed by atoms with van der Waals surface area (Å²) in [4.78, 5) is 16.6. The maximum atomic E-state index is 12.7. The van der Waals surface area contributed by atoms with Gasteiger partial charge in [-0.3, -0.25) is 0 Å². The normalized spacial score (nSPS) is 15.5. The van der Waals surface area contributed by atoms with Gasteiger partial charge >= 0.3 is 6.03 Å². The first-order valence-corrected chi connectivity index (χ1v) is 9.11. The van der Waals surface area contributed by atoms with Crippen LogP contribution in [0.25, 0.3) is 5.69 Å². The Morgan fingerprint density at radius 1 is 1.11 bits per heavy atom. The number of hydrogen-bond acceptors (Lipinski definition) is 7. The maximum absolute atomic E-state index is 12.7. The lowest BCUT2D eigenvalue weighted by atomic mass is 10.2. The van der Waals surface area contributed by atoms with Crippen molar-refractivity contribution in [3.8, 4) is 5.69 Å². The number of urea groups is 1. The van der Waals surface area contributed by atoms with E-state index in [9.17, 15) is 4.79 Å². The largest absolute Gasteiger partial charge is 0.337 e. The van der Waals surface area contributed by atoms with Crippen LogP contribution in [0.1, 0.15) is 18.8 Å². The third-order valence-electron chi connectivity index (χ3n) is 4.76. The van der Waals surface area contributed by atoms with Gasteiger partial charge in [-0.25, -0.2) is 4.79 Å². The van der Waals surface area contributed by atoms with Crippen LogP contribution < -0.4 is 10.2 Å². The van der Waals surface area contributed by atoms with E-state index in [4.69, 9.17) is 0 Å².